The molecule has 2 atom stereocenters. The van der Waals surface area contributed by atoms with Gasteiger partial charge in [0.1, 0.15) is 5.69 Å². The highest BCUT2D eigenvalue weighted by Gasteiger charge is 2.34. The quantitative estimate of drug-likeness (QED) is 0.319. The second kappa shape index (κ2) is 9.39. The summed E-state index contributed by atoms with van der Waals surface area (Å²) < 4.78 is 0. The Labute approximate surface area is 204 Å². The summed E-state index contributed by atoms with van der Waals surface area (Å²) in [6.45, 7) is 0.725. The van der Waals surface area contributed by atoms with Crippen molar-refractivity contribution >= 4 is 33.8 Å². The van der Waals surface area contributed by atoms with Gasteiger partial charge in [0.05, 0.1) is 17.8 Å². The first-order valence-corrected chi connectivity index (χ1v) is 11.8. The first kappa shape index (κ1) is 21.1. The van der Waals surface area contributed by atoms with E-state index in [9.17, 15) is 0 Å². The highest BCUT2D eigenvalue weighted by molar-refractivity contribution is 5.99. The van der Waals surface area contributed by atoms with Crippen LogP contribution in [0.4, 0.5) is 17.1 Å². The molecule has 170 valence electrons. The average Bonchev–Trinajstić information content (AvgIpc) is 3.26. The largest absolute Gasteiger partial charge is 0.354 e. The van der Waals surface area contributed by atoms with Gasteiger partial charge in [-0.05, 0) is 29.1 Å². The number of rotatable bonds is 5. The van der Waals surface area contributed by atoms with Gasteiger partial charge >= 0.3 is 0 Å². The molecule has 2 unspecified atom stereocenters. The molecule has 4 aromatic carbocycles. The molecule has 5 nitrogen and oxygen atoms in total. The molecule has 35 heavy (non-hydrogen) atoms. The minimum Gasteiger partial charge on any atom is -0.354 e. The predicted molar refractivity (Wildman–Crippen MR) is 143 cm³/mol. The van der Waals surface area contributed by atoms with E-state index in [-0.39, 0.29) is 12.1 Å². The number of hydrogen-bond acceptors (Lipinski definition) is 5. The number of anilines is 2. The van der Waals surface area contributed by atoms with Crippen molar-refractivity contribution in [2.75, 3.05) is 5.32 Å². The third kappa shape index (κ3) is 4.36. The number of allylic oxidation sites excluding steroid dienone is 2. The second-order valence-electron chi connectivity index (χ2n) is 8.67. The molecule has 1 N–H and O–H groups in total. The number of hydrogen-bond donors (Lipinski definition) is 1. The maximum Gasteiger partial charge on any atom is 0.242 e. The minimum atomic E-state index is 0.0482. The number of nitrogens with one attached hydrogen (secondary N) is 1. The number of azo groups is 1. The molecule has 0 saturated carbocycles. The summed E-state index contributed by atoms with van der Waals surface area (Å²) >= 11 is 0. The molecule has 0 saturated heterocycles. The lowest BCUT2D eigenvalue weighted by Gasteiger charge is -2.26. The van der Waals surface area contributed by atoms with Crippen LogP contribution in [0.3, 0.4) is 0 Å². The summed E-state index contributed by atoms with van der Waals surface area (Å²) in [5, 5.41) is 15.2. The van der Waals surface area contributed by atoms with Crippen LogP contribution in [0, 0.1) is 0 Å². The van der Waals surface area contributed by atoms with Gasteiger partial charge in [-0.15, -0.1) is 10.2 Å². The summed E-state index contributed by atoms with van der Waals surface area (Å²) in [5.74, 6) is 0.652. The molecule has 5 heteroatoms. The summed E-state index contributed by atoms with van der Waals surface area (Å²) in [5.41, 5.74) is 3.93. The van der Waals surface area contributed by atoms with E-state index in [1.165, 1.54) is 5.56 Å². The Bertz CT molecular complexity index is 1450. The fourth-order valence-corrected chi connectivity index (χ4v) is 4.61. The van der Waals surface area contributed by atoms with Crippen molar-refractivity contribution in [3.63, 3.8) is 0 Å². The molecule has 1 heterocycles. The van der Waals surface area contributed by atoms with Crippen LogP contribution >= 0.6 is 0 Å². The van der Waals surface area contributed by atoms with Gasteiger partial charge in [0.2, 0.25) is 5.96 Å². The predicted octanol–water partition coefficient (Wildman–Crippen LogP) is 7.40. The molecule has 4 aromatic rings. The summed E-state index contributed by atoms with van der Waals surface area (Å²) in [4.78, 5) is 7.16. The van der Waals surface area contributed by atoms with Gasteiger partial charge < -0.3 is 10.2 Å². The molecule has 0 amide bonds. The summed E-state index contributed by atoms with van der Waals surface area (Å²) in [7, 11) is 0. The van der Waals surface area contributed by atoms with Crippen molar-refractivity contribution in [2.24, 2.45) is 15.2 Å². The molecular weight excluding hydrogens is 430 g/mol. The zero-order valence-corrected chi connectivity index (χ0v) is 19.2. The van der Waals surface area contributed by atoms with Crippen LogP contribution in [0.1, 0.15) is 5.56 Å². The maximum absolute atomic E-state index is 4.92. The molecule has 0 radical (unpaired) electrons. The van der Waals surface area contributed by atoms with Gasteiger partial charge in [0, 0.05) is 17.6 Å². The molecule has 0 fully saturated rings. The van der Waals surface area contributed by atoms with E-state index in [0.717, 1.165) is 34.4 Å². The van der Waals surface area contributed by atoms with Crippen molar-refractivity contribution < 1.29 is 0 Å². The highest BCUT2D eigenvalue weighted by Crippen LogP contribution is 2.37. The smallest absolute Gasteiger partial charge is 0.242 e. The van der Waals surface area contributed by atoms with Crippen molar-refractivity contribution in [2.45, 2.75) is 18.6 Å². The third-order valence-corrected chi connectivity index (χ3v) is 6.35. The normalized spacial score (nSPS) is 18.7. The first-order chi connectivity index (χ1) is 17.3. The molecular formula is C30H25N5. The fraction of sp³-hybridized carbons (Fsp3) is 0.100. The van der Waals surface area contributed by atoms with Crippen LogP contribution in [0.5, 0.6) is 0 Å². The lowest BCUT2D eigenvalue weighted by molar-refractivity contribution is 0.359. The van der Waals surface area contributed by atoms with Crippen LogP contribution in [0.25, 0.3) is 10.8 Å². The molecule has 1 aliphatic carbocycles. The van der Waals surface area contributed by atoms with E-state index in [2.05, 4.69) is 83.1 Å². The van der Waals surface area contributed by atoms with Gasteiger partial charge in [0.15, 0.2) is 0 Å². The van der Waals surface area contributed by atoms with Crippen molar-refractivity contribution in [3.8, 4) is 0 Å². The highest BCUT2D eigenvalue weighted by atomic mass is 15.4. The van der Waals surface area contributed by atoms with Gasteiger partial charge in [-0.25, -0.2) is 4.99 Å². The molecule has 0 aromatic heterocycles. The number of para-hydroxylation sites is 1. The second-order valence-corrected chi connectivity index (χ2v) is 8.67. The van der Waals surface area contributed by atoms with Crippen LogP contribution in [-0.4, -0.2) is 22.9 Å². The standard InChI is InChI=1S/C30H25N5/c1-3-11-22(12-4-1)21-35-28-18-10-9-17-26(28)32-30(35)34-33-29-25-16-8-7-13-23(25)19-20-27(29)31-24-14-5-2-6-15-24/h1-20,26,28,31H,21H2. The van der Waals surface area contributed by atoms with Crippen LogP contribution < -0.4 is 5.32 Å². The van der Waals surface area contributed by atoms with E-state index in [1.54, 1.807) is 0 Å². The lowest BCUT2D eigenvalue weighted by atomic mass is 10.0. The molecule has 1 aliphatic heterocycles. The molecule has 6 rings (SSSR count). The van der Waals surface area contributed by atoms with E-state index in [1.807, 2.05) is 48.5 Å². The minimum absolute atomic E-state index is 0.0482. The fourth-order valence-electron chi connectivity index (χ4n) is 4.61. The zero-order valence-electron chi connectivity index (χ0n) is 19.2. The Hall–Kier alpha value is -4.51. The number of guanidine groups is 1. The monoisotopic (exact) mass is 455 g/mol. The number of aliphatic imine (C=N–C) groups is 1. The van der Waals surface area contributed by atoms with E-state index in [0.29, 0.717) is 5.96 Å². The SMILES string of the molecule is C1=CC2N=C(N=Nc3c(Nc4ccccc4)ccc4ccccc34)N(Cc3ccccc3)C2C=C1. The summed E-state index contributed by atoms with van der Waals surface area (Å²) in [6, 6.07) is 33.2. The topological polar surface area (TPSA) is 52.4 Å². The maximum atomic E-state index is 4.92. The van der Waals surface area contributed by atoms with Crippen LogP contribution in [0.2, 0.25) is 0 Å². The number of fused-ring (bicyclic) bond motifs is 2. The third-order valence-electron chi connectivity index (χ3n) is 6.35. The van der Waals surface area contributed by atoms with Gasteiger partial charge in [-0.2, -0.15) is 0 Å². The van der Waals surface area contributed by atoms with Crippen LogP contribution in [-0.2, 0) is 6.54 Å². The molecule has 2 aliphatic rings. The zero-order chi connectivity index (χ0) is 23.5. The van der Waals surface area contributed by atoms with Gasteiger partial charge in [-0.1, -0.05) is 103 Å². The first-order valence-electron chi connectivity index (χ1n) is 11.8. The van der Waals surface area contributed by atoms with Crippen molar-refractivity contribution in [1.82, 2.24) is 4.90 Å². The van der Waals surface area contributed by atoms with Crippen molar-refractivity contribution in [1.29, 1.82) is 0 Å². The Morgan fingerprint density at radius 2 is 1.49 bits per heavy atom. The van der Waals surface area contributed by atoms with E-state index in [4.69, 9.17) is 15.2 Å². The van der Waals surface area contributed by atoms with E-state index < -0.39 is 0 Å². The Morgan fingerprint density at radius 3 is 2.34 bits per heavy atom. The van der Waals surface area contributed by atoms with Crippen molar-refractivity contribution in [3.05, 3.63) is 127 Å². The van der Waals surface area contributed by atoms with Crippen LogP contribution in [0.15, 0.2) is 137 Å². The summed E-state index contributed by atoms with van der Waals surface area (Å²) in [6.07, 6.45) is 8.46. The Morgan fingerprint density at radius 1 is 0.743 bits per heavy atom. The molecule has 0 spiro atoms. The number of nitrogens with zero attached hydrogens (tertiary/aromatic N) is 4. The van der Waals surface area contributed by atoms with E-state index >= 15 is 0 Å². The molecule has 0 bridgehead atoms. The lowest BCUT2D eigenvalue weighted by Crippen LogP contribution is -2.37. The van der Waals surface area contributed by atoms with Gasteiger partial charge in [0.25, 0.3) is 0 Å². The Kier molecular flexibility index (Phi) is 5.65. The Balaban J connectivity index is 1.38. The average molecular weight is 456 g/mol. The number of benzene rings is 4. The van der Waals surface area contributed by atoms with Gasteiger partial charge in [-0.3, -0.25) is 0 Å².